The molecule has 2 heterocycles. The Morgan fingerprint density at radius 3 is 2.74 bits per heavy atom. The SMILES string of the molecule is Brc1ccc(OCc2ccc3ccccc3n2)cn1. The van der Waals surface area contributed by atoms with Gasteiger partial charge in [-0.1, -0.05) is 24.3 Å². The van der Waals surface area contributed by atoms with Gasteiger partial charge < -0.3 is 4.74 Å². The predicted octanol–water partition coefficient (Wildman–Crippen LogP) is 3.97. The molecule has 3 nitrogen and oxygen atoms in total. The Balaban J connectivity index is 1.76. The molecule has 0 saturated heterocycles. The normalized spacial score (nSPS) is 10.6. The van der Waals surface area contributed by atoms with Gasteiger partial charge in [0.05, 0.1) is 17.4 Å². The second-order valence-electron chi connectivity index (χ2n) is 4.10. The summed E-state index contributed by atoms with van der Waals surface area (Å²) in [5, 5.41) is 1.14. The van der Waals surface area contributed by atoms with E-state index in [4.69, 9.17) is 4.74 Å². The van der Waals surface area contributed by atoms with Crippen LogP contribution in [-0.4, -0.2) is 9.97 Å². The Hall–Kier alpha value is -1.94. The average Bonchev–Trinajstić information content (AvgIpc) is 2.46. The molecule has 0 N–H and O–H groups in total. The lowest BCUT2D eigenvalue weighted by atomic mass is 10.2. The predicted molar refractivity (Wildman–Crippen MR) is 78.0 cm³/mol. The van der Waals surface area contributed by atoms with E-state index in [0.717, 1.165) is 26.9 Å². The highest BCUT2D eigenvalue weighted by Gasteiger charge is 2.00. The van der Waals surface area contributed by atoms with E-state index in [2.05, 4.69) is 32.0 Å². The molecular weight excluding hydrogens is 304 g/mol. The Bertz CT molecular complexity index is 698. The molecule has 2 aromatic heterocycles. The lowest BCUT2D eigenvalue weighted by Gasteiger charge is -2.06. The fraction of sp³-hybridized carbons (Fsp3) is 0.0667. The molecule has 94 valence electrons. The third kappa shape index (κ3) is 2.90. The molecular formula is C15H11BrN2O. The molecule has 0 aliphatic carbocycles. The van der Waals surface area contributed by atoms with E-state index in [-0.39, 0.29) is 0 Å². The lowest BCUT2D eigenvalue weighted by molar-refractivity contribution is 0.300. The number of hydrogen-bond donors (Lipinski definition) is 0. The van der Waals surface area contributed by atoms with Crippen LogP contribution in [0.15, 0.2) is 59.3 Å². The maximum atomic E-state index is 5.65. The van der Waals surface area contributed by atoms with Crippen LogP contribution in [-0.2, 0) is 6.61 Å². The van der Waals surface area contributed by atoms with Crippen LogP contribution in [0.5, 0.6) is 5.75 Å². The number of rotatable bonds is 3. The van der Waals surface area contributed by atoms with Gasteiger partial charge in [-0.05, 0) is 40.2 Å². The van der Waals surface area contributed by atoms with Crippen molar-refractivity contribution in [3.8, 4) is 5.75 Å². The van der Waals surface area contributed by atoms with E-state index < -0.39 is 0 Å². The molecule has 0 aliphatic rings. The minimum atomic E-state index is 0.439. The molecule has 0 atom stereocenters. The minimum absolute atomic E-state index is 0.439. The summed E-state index contributed by atoms with van der Waals surface area (Å²) in [7, 11) is 0. The van der Waals surface area contributed by atoms with Crippen LogP contribution in [0.25, 0.3) is 10.9 Å². The zero-order valence-corrected chi connectivity index (χ0v) is 11.7. The third-order valence-corrected chi connectivity index (χ3v) is 3.21. The standard InChI is InChI=1S/C15H11BrN2O/c16-15-8-7-13(9-17-15)19-10-12-6-5-11-3-1-2-4-14(11)18-12/h1-9H,10H2. The summed E-state index contributed by atoms with van der Waals surface area (Å²) in [4.78, 5) is 8.67. The summed E-state index contributed by atoms with van der Waals surface area (Å²) in [5.41, 5.74) is 1.89. The zero-order valence-electron chi connectivity index (χ0n) is 10.1. The summed E-state index contributed by atoms with van der Waals surface area (Å²) in [6, 6.07) is 15.8. The summed E-state index contributed by atoms with van der Waals surface area (Å²) in [6.45, 7) is 0.439. The molecule has 3 aromatic rings. The maximum absolute atomic E-state index is 5.65. The smallest absolute Gasteiger partial charge is 0.138 e. The number of hydrogen-bond acceptors (Lipinski definition) is 3. The van der Waals surface area contributed by atoms with Crippen LogP contribution >= 0.6 is 15.9 Å². The molecule has 0 saturated carbocycles. The fourth-order valence-electron chi connectivity index (χ4n) is 1.79. The van der Waals surface area contributed by atoms with E-state index in [1.807, 2.05) is 42.5 Å². The fourth-order valence-corrected chi connectivity index (χ4v) is 2.03. The van der Waals surface area contributed by atoms with Crippen molar-refractivity contribution in [2.45, 2.75) is 6.61 Å². The molecule has 1 aromatic carbocycles. The molecule has 0 bridgehead atoms. The van der Waals surface area contributed by atoms with Gasteiger partial charge >= 0.3 is 0 Å². The molecule has 0 fully saturated rings. The first-order valence-corrected chi connectivity index (χ1v) is 6.69. The Labute approximate surface area is 119 Å². The van der Waals surface area contributed by atoms with Crippen LogP contribution in [0, 0.1) is 0 Å². The highest BCUT2D eigenvalue weighted by atomic mass is 79.9. The molecule has 3 rings (SSSR count). The minimum Gasteiger partial charge on any atom is -0.486 e. The molecule has 4 heteroatoms. The topological polar surface area (TPSA) is 35.0 Å². The molecule has 19 heavy (non-hydrogen) atoms. The molecule has 0 radical (unpaired) electrons. The molecule has 0 aliphatic heterocycles. The van der Waals surface area contributed by atoms with Crippen LogP contribution in [0.4, 0.5) is 0 Å². The van der Waals surface area contributed by atoms with Gasteiger partial charge in [-0.15, -0.1) is 0 Å². The first-order chi connectivity index (χ1) is 9.31. The highest BCUT2D eigenvalue weighted by molar-refractivity contribution is 9.10. The van der Waals surface area contributed by atoms with Crippen molar-refractivity contribution >= 4 is 26.8 Å². The van der Waals surface area contributed by atoms with Crippen molar-refractivity contribution in [3.63, 3.8) is 0 Å². The van der Waals surface area contributed by atoms with Gasteiger partial charge in [0, 0.05) is 5.39 Å². The van der Waals surface area contributed by atoms with Crippen molar-refractivity contribution < 1.29 is 4.74 Å². The maximum Gasteiger partial charge on any atom is 0.138 e. The molecule has 0 amide bonds. The van der Waals surface area contributed by atoms with E-state index in [1.54, 1.807) is 6.20 Å². The zero-order chi connectivity index (χ0) is 13.1. The van der Waals surface area contributed by atoms with Crippen molar-refractivity contribution in [1.82, 2.24) is 9.97 Å². The van der Waals surface area contributed by atoms with Crippen molar-refractivity contribution in [2.24, 2.45) is 0 Å². The number of fused-ring (bicyclic) bond motifs is 1. The number of aromatic nitrogens is 2. The van der Waals surface area contributed by atoms with Gasteiger partial charge in [0.2, 0.25) is 0 Å². The van der Waals surface area contributed by atoms with E-state index in [0.29, 0.717) is 6.61 Å². The van der Waals surface area contributed by atoms with E-state index in [9.17, 15) is 0 Å². The number of benzene rings is 1. The Morgan fingerprint density at radius 1 is 1.00 bits per heavy atom. The third-order valence-electron chi connectivity index (χ3n) is 2.74. The number of ether oxygens (including phenoxy) is 1. The summed E-state index contributed by atoms with van der Waals surface area (Å²) in [6.07, 6.45) is 1.69. The van der Waals surface area contributed by atoms with E-state index in [1.165, 1.54) is 0 Å². The van der Waals surface area contributed by atoms with Gasteiger partial charge in [-0.2, -0.15) is 0 Å². The molecule has 0 spiro atoms. The first-order valence-electron chi connectivity index (χ1n) is 5.90. The number of halogens is 1. The van der Waals surface area contributed by atoms with Gasteiger partial charge in [0.25, 0.3) is 0 Å². The van der Waals surface area contributed by atoms with E-state index >= 15 is 0 Å². The second kappa shape index (κ2) is 5.36. The van der Waals surface area contributed by atoms with Crippen LogP contribution in [0.1, 0.15) is 5.69 Å². The number of para-hydroxylation sites is 1. The largest absolute Gasteiger partial charge is 0.486 e. The summed E-state index contributed by atoms with van der Waals surface area (Å²) >= 11 is 3.29. The van der Waals surface area contributed by atoms with Crippen LogP contribution in [0.3, 0.4) is 0 Å². The van der Waals surface area contributed by atoms with Crippen molar-refractivity contribution in [2.75, 3.05) is 0 Å². The van der Waals surface area contributed by atoms with Gasteiger partial charge in [0.15, 0.2) is 0 Å². The molecule has 0 unspecified atom stereocenters. The number of pyridine rings is 2. The highest BCUT2D eigenvalue weighted by Crippen LogP contribution is 2.16. The lowest BCUT2D eigenvalue weighted by Crippen LogP contribution is -1.98. The average molecular weight is 315 g/mol. The Kier molecular flexibility index (Phi) is 3.42. The van der Waals surface area contributed by atoms with Gasteiger partial charge in [0.1, 0.15) is 17.0 Å². The summed E-state index contributed by atoms with van der Waals surface area (Å²) in [5.74, 6) is 0.734. The van der Waals surface area contributed by atoms with Gasteiger partial charge in [-0.3, -0.25) is 0 Å². The van der Waals surface area contributed by atoms with Crippen LogP contribution in [0.2, 0.25) is 0 Å². The van der Waals surface area contributed by atoms with Crippen LogP contribution < -0.4 is 4.74 Å². The number of nitrogens with zero attached hydrogens (tertiary/aromatic N) is 2. The van der Waals surface area contributed by atoms with Crippen molar-refractivity contribution in [3.05, 3.63) is 65.0 Å². The Morgan fingerprint density at radius 2 is 1.89 bits per heavy atom. The second-order valence-corrected chi connectivity index (χ2v) is 4.91. The van der Waals surface area contributed by atoms with Gasteiger partial charge in [-0.25, -0.2) is 9.97 Å². The summed E-state index contributed by atoms with van der Waals surface area (Å²) < 4.78 is 6.45. The monoisotopic (exact) mass is 314 g/mol. The van der Waals surface area contributed by atoms with Crippen molar-refractivity contribution in [1.29, 1.82) is 0 Å². The first kappa shape index (κ1) is 12.1. The quantitative estimate of drug-likeness (QED) is 0.686.